The summed E-state index contributed by atoms with van der Waals surface area (Å²) >= 11 is 6.02. The van der Waals surface area contributed by atoms with Crippen molar-refractivity contribution in [3.63, 3.8) is 0 Å². The van der Waals surface area contributed by atoms with Gasteiger partial charge in [0.2, 0.25) is 0 Å². The fraction of sp³-hybridized carbons (Fsp3) is 0.273. The van der Waals surface area contributed by atoms with Crippen molar-refractivity contribution < 1.29 is 4.79 Å². The average molecular weight is 264 g/mol. The minimum atomic E-state index is -0.0320. The molecule has 0 aliphatic carbocycles. The predicted molar refractivity (Wildman–Crippen MR) is 64.5 cm³/mol. The zero-order chi connectivity index (χ0) is 12.5. The van der Waals surface area contributed by atoms with E-state index >= 15 is 0 Å². The normalized spacial score (nSPS) is 19.4. The zero-order valence-corrected chi connectivity index (χ0v) is 10.1. The highest BCUT2D eigenvalue weighted by molar-refractivity contribution is 6.30. The Balaban J connectivity index is 2.06. The topological polar surface area (TPSA) is 72.7 Å². The summed E-state index contributed by atoms with van der Waals surface area (Å²) in [6.45, 7) is 0.395. The van der Waals surface area contributed by atoms with E-state index in [9.17, 15) is 4.79 Å². The average Bonchev–Trinajstić information content (AvgIpc) is 2.99. The molecule has 1 saturated heterocycles. The predicted octanol–water partition coefficient (Wildman–Crippen LogP) is 0.919. The number of aromatic nitrogens is 4. The molecule has 6 nitrogen and oxygen atoms in total. The van der Waals surface area contributed by atoms with Gasteiger partial charge in [0.25, 0.3) is 0 Å². The number of rotatable bonds is 2. The van der Waals surface area contributed by atoms with Gasteiger partial charge in [-0.1, -0.05) is 11.6 Å². The Hall–Kier alpha value is -1.79. The number of hydrogen-bond donors (Lipinski definition) is 1. The van der Waals surface area contributed by atoms with Gasteiger partial charge in [-0.3, -0.25) is 4.79 Å². The lowest BCUT2D eigenvalue weighted by molar-refractivity contribution is -0.116. The molecule has 1 fully saturated rings. The van der Waals surface area contributed by atoms with E-state index < -0.39 is 0 Å². The van der Waals surface area contributed by atoms with Gasteiger partial charge in [0.1, 0.15) is 12.1 Å². The van der Waals surface area contributed by atoms with Gasteiger partial charge in [-0.25, -0.2) is 4.68 Å². The fourth-order valence-corrected chi connectivity index (χ4v) is 2.29. The summed E-state index contributed by atoms with van der Waals surface area (Å²) in [5, 5.41) is 14.9. The molecule has 0 saturated carbocycles. The van der Waals surface area contributed by atoms with Crippen molar-refractivity contribution >= 4 is 17.4 Å². The Morgan fingerprint density at radius 1 is 1.44 bits per heavy atom. The molecular formula is C11H10ClN5O. The summed E-state index contributed by atoms with van der Waals surface area (Å²) in [6, 6.07) is 5.43. The molecule has 1 aliphatic rings. The maximum absolute atomic E-state index is 11.4. The number of Topliss-reactive ketones (excluding diaryl/α,β-unsaturated/α-hetero) is 1. The number of ketones is 1. The van der Waals surface area contributed by atoms with Crippen molar-refractivity contribution in [1.82, 2.24) is 25.5 Å². The lowest BCUT2D eigenvalue weighted by Crippen LogP contribution is -2.16. The van der Waals surface area contributed by atoms with Crippen LogP contribution in [0.2, 0.25) is 5.02 Å². The number of halogens is 1. The number of nitrogens with zero attached hydrogens (tertiary/aromatic N) is 4. The number of hydrogen-bond acceptors (Lipinski definition) is 5. The fourth-order valence-electron chi connectivity index (χ4n) is 2.11. The molecule has 1 atom stereocenters. The Bertz CT molecular complexity index is 583. The van der Waals surface area contributed by atoms with Crippen molar-refractivity contribution in [2.24, 2.45) is 0 Å². The van der Waals surface area contributed by atoms with Gasteiger partial charge in [0, 0.05) is 17.5 Å². The number of benzene rings is 1. The second-order valence-electron chi connectivity index (χ2n) is 4.13. The van der Waals surface area contributed by atoms with Crippen LogP contribution in [0.3, 0.4) is 0 Å². The van der Waals surface area contributed by atoms with Crippen LogP contribution in [-0.4, -0.2) is 32.5 Å². The molecule has 1 aromatic heterocycles. The van der Waals surface area contributed by atoms with Crippen LogP contribution in [0.1, 0.15) is 18.0 Å². The van der Waals surface area contributed by atoms with Gasteiger partial charge in [0.15, 0.2) is 0 Å². The first-order valence-electron chi connectivity index (χ1n) is 5.52. The minimum absolute atomic E-state index is 0.0320. The smallest absolute Gasteiger partial charge is 0.148 e. The lowest BCUT2D eigenvalue weighted by atomic mass is 10.0. The summed E-state index contributed by atoms with van der Waals surface area (Å²) < 4.78 is 1.57. The maximum atomic E-state index is 11.4. The van der Waals surface area contributed by atoms with Gasteiger partial charge in [-0.2, -0.15) is 0 Å². The quantitative estimate of drug-likeness (QED) is 0.872. The number of carbonyl (C=O) groups excluding carboxylic acids is 1. The van der Waals surface area contributed by atoms with Crippen LogP contribution in [0.25, 0.3) is 5.69 Å². The minimum Gasteiger partial charge on any atom is -0.303 e. The molecule has 3 rings (SSSR count). The summed E-state index contributed by atoms with van der Waals surface area (Å²) in [5.74, 6) is 0.197. The molecule has 0 radical (unpaired) electrons. The van der Waals surface area contributed by atoms with Crippen LogP contribution in [0, 0.1) is 0 Å². The largest absolute Gasteiger partial charge is 0.303 e. The number of nitrogens with one attached hydrogen (secondary N) is 1. The second kappa shape index (κ2) is 4.47. The number of tetrazole rings is 1. The van der Waals surface area contributed by atoms with Gasteiger partial charge in [0.05, 0.1) is 12.2 Å². The molecule has 2 heterocycles. The first kappa shape index (κ1) is 11.3. The van der Waals surface area contributed by atoms with Crippen molar-refractivity contribution in [3.8, 4) is 5.69 Å². The van der Waals surface area contributed by atoms with Crippen LogP contribution in [0.15, 0.2) is 24.5 Å². The highest BCUT2D eigenvalue weighted by Crippen LogP contribution is 2.29. The third-order valence-corrected chi connectivity index (χ3v) is 3.17. The van der Waals surface area contributed by atoms with E-state index in [1.807, 2.05) is 12.1 Å². The van der Waals surface area contributed by atoms with Crippen LogP contribution in [-0.2, 0) is 4.79 Å². The van der Waals surface area contributed by atoms with Crippen LogP contribution < -0.4 is 5.32 Å². The maximum Gasteiger partial charge on any atom is 0.148 e. The highest BCUT2D eigenvalue weighted by atomic mass is 35.5. The van der Waals surface area contributed by atoms with E-state index in [0.29, 0.717) is 18.0 Å². The monoisotopic (exact) mass is 263 g/mol. The summed E-state index contributed by atoms with van der Waals surface area (Å²) in [4.78, 5) is 11.4. The summed E-state index contributed by atoms with van der Waals surface area (Å²) in [7, 11) is 0. The van der Waals surface area contributed by atoms with E-state index in [4.69, 9.17) is 11.6 Å². The Morgan fingerprint density at radius 2 is 2.33 bits per heavy atom. The van der Waals surface area contributed by atoms with Crippen LogP contribution >= 0.6 is 11.6 Å². The van der Waals surface area contributed by atoms with E-state index in [1.54, 1.807) is 10.7 Å². The first-order valence-corrected chi connectivity index (χ1v) is 5.90. The van der Waals surface area contributed by atoms with Crippen molar-refractivity contribution in [3.05, 3.63) is 35.1 Å². The first-order chi connectivity index (χ1) is 8.74. The van der Waals surface area contributed by atoms with Crippen LogP contribution in [0.5, 0.6) is 0 Å². The molecule has 2 aromatic rings. The Labute approximate surface area is 108 Å². The highest BCUT2D eigenvalue weighted by Gasteiger charge is 2.25. The van der Waals surface area contributed by atoms with Gasteiger partial charge in [-0.05, 0) is 34.2 Å². The van der Waals surface area contributed by atoms with Gasteiger partial charge in [-0.15, -0.1) is 5.10 Å². The van der Waals surface area contributed by atoms with E-state index in [-0.39, 0.29) is 11.8 Å². The third-order valence-electron chi connectivity index (χ3n) is 2.94. The molecule has 92 valence electrons. The van der Waals surface area contributed by atoms with E-state index in [1.165, 1.54) is 6.33 Å². The molecular weight excluding hydrogens is 254 g/mol. The molecule has 0 amide bonds. The Morgan fingerprint density at radius 3 is 3.00 bits per heavy atom. The molecule has 0 spiro atoms. The van der Waals surface area contributed by atoms with Crippen molar-refractivity contribution in [1.29, 1.82) is 0 Å². The van der Waals surface area contributed by atoms with Gasteiger partial charge >= 0.3 is 0 Å². The molecule has 1 N–H and O–H groups in total. The standard InChI is InChI=1S/C11H10ClN5O/c12-7-1-2-11(17-6-14-15-16-17)9(3-7)10-4-8(18)5-13-10/h1-3,6,10,13H,4-5H2/t10-/m0/s1. The van der Waals surface area contributed by atoms with E-state index in [2.05, 4.69) is 20.8 Å². The summed E-state index contributed by atoms with van der Waals surface area (Å²) in [5.41, 5.74) is 1.76. The molecule has 1 aromatic carbocycles. The third kappa shape index (κ3) is 2.00. The lowest BCUT2D eigenvalue weighted by Gasteiger charge is -2.14. The molecule has 7 heteroatoms. The number of carbonyl (C=O) groups is 1. The molecule has 1 aliphatic heterocycles. The molecule has 0 bridgehead atoms. The van der Waals surface area contributed by atoms with Crippen molar-refractivity contribution in [2.75, 3.05) is 6.54 Å². The molecule has 0 unspecified atom stereocenters. The second-order valence-corrected chi connectivity index (χ2v) is 4.57. The van der Waals surface area contributed by atoms with Gasteiger partial charge < -0.3 is 5.32 Å². The molecule has 18 heavy (non-hydrogen) atoms. The van der Waals surface area contributed by atoms with Crippen molar-refractivity contribution in [2.45, 2.75) is 12.5 Å². The van der Waals surface area contributed by atoms with Crippen LogP contribution in [0.4, 0.5) is 0 Å². The SMILES string of the molecule is O=C1CN[C@H](c2cc(Cl)ccc2-n2cnnn2)C1. The summed E-state index contributed by atoms with van der Waals surface area (Å²) in [6.07, 6.45) is 1.99. The van der Waals surface area contributed by atoms with E-state index in [0.717, 1.165) is 11.3 Å². The zero-order valence-electron chi connectivity index (χ0n) is 9.38. The Kier molecular flexibility index (Phi) is 2.81.